The van der Waals surface area contributed by atoms with E-state index in [9.17, 15) is 19.7 Å². The Kier molecular flexibility index (Phi) is 4.01. The van der Waals surface area contributed by atoms with Gasteiger partial charge >= 0.3 is 5.91 Å². The predicted molar refractivity (Wildman–Crippen MR) is 60.2 cm³/mol. The molecule has 6 nitrogen and oxygen atoms in total. The van der Waals surface area contributed by atoms with E-state index in [0.29, 0.717) is 5.69 Å². The van der Waals surface area contributed by atoms with Crippen molar-refractivity contribution in [3.8, 4) is 0 Å². The summed E-state index contributed by atoms with van der Waals surface area (Å²) in [7, 11) is 0. The van der Waals surface area contributed by atoms with Crippen LogP contribution in [-0.4, -0.2) is 22.2 Å². The highest BCUT2D eigenvalue weighted by molar-refractivity contribution is 8.14. The number of anilines is 1. The molecule has 0 saturated heterocycles. The molecule has 1 aromatic rings. The van der Waals surface area contributed by atoms with Crippen molar-refractivity contribution in [2.75, 3.05) is 11.6 Å². The minimum absolute atomic E-state index is 0.0748. The number of thioether (sulfide) groups is 1. The molecule has 0 atom stereocenters. The first-order valence-corrected chi connectivity index (χ1v) is 5.41. The number of amides is 1. The van der Waals surface area contributed by atoms with Gasteiger partial charge < -0.3 is 5.32 Å². The maximum absolute atomic E-state index is 11.1. The van der Waals surface area contributed by atoms with Crippen LogP contribution in [0.1, 0.15) is 0 Å². The molecule has 1 amide bonds. The maximum Gasteiger partial charge on any atom is 0.302 e. The Bertz CT molecular complexity index is 430. The minimum Gasteiger partial charge on any atom is -0.319 e. The van der Waals surface area contributed by atoms with Crippen molar-refractivity contribution in [1.29, 1.82) is 0 Å². The molecule has 0 saturated carbocycles. The Hall–Kier alpha value is -1.89. The van der Waals surface area contributed by atoms with Crippen molar-refractivity contribution in [3.63, 3.8) is 0 Å². The lowest BCUT2D eigenvalue weighted by Crippen LogP contribution is -2.19. The van der Waals surface area contributed by atoms with Crippen molar-refractivity contribution in [1.82, 2.24) is 0 Å². The van der Waals surface area contributed by atoms with Crippen LogP contribution >= 0.6 is 11.8 Å². The quantitative estimate of drug-likeness (QED) is 0.479. The van der Waals surface area contributed by atoms with Crippen molar-refractivity contribution in [2.45, 2.75) is 0 Å². The lowest BCUT2D eigenvalue weighted by molar-refractivity contribution is -0.384. The number of nitrogens with one attached hydrogen (secondary N) is 1. The molecule has 1 aromatic carbocycles. The molecule has 16 heavy (non-hydrogen) atoms. The molecule has 7 heteroatoms. The number of non-ortho nitro benzene ring substituents is 1. The summed E-state index contributed by atoms with van der Waals surface area (Å²) in [6, 6.07) is 5.23. The SMILES string of the molecule is CSC(=O)C(=O)Nc1ccc([N+](=O)[O-])cc1. The van der Waals surface area contributed by atoms with Gasteiger partial charge in [-0.05, 0) is 18.4 Å². The second kappa shape index (κ2) is 5.26. The highest BCUT2D eigenvalue weighted by Gasteiger charge is 2.12. The molecular weight excluding hydrogens is 232 g/mol. The molecule has 1 N–H and O–H groups in total. The fraction of sp³-hybridized carbons (Fsp3) is 0.111. The Morgan fingerprint density at radius 2 is 1.88 bits per heavy atom. The summed E-state index contributed by atoms with van der Waals surface area (Å²) in [5, 5.41) is 12.1. The molecule has 0 unspecified atom stereocenters. The monoisotopic (exact) mass is 240 g/mol. The van der Waals surface area contributed by atoms with Gasteiger partial charge in [0.15, 0.2) is 0 Å². The molecule has 0 aliphatic rings. The summed E-state index contributed by atoms with van der Waals surface area (Å²) in [4.78, 5) is 31.9. The van der Waals surface area contributed by atoms with E-state index in [0.717, 1.165) is 11.8 Å². The number of carbonyl (C=O) groups is 2. The molecule has 0 bridgehead atoms. The summed E-state index contributed by atoms with van der Waals surface area (Å²) < 4.78 is 0. The van der Waals surface area contributed by atoms with Gasteiger partial charge in [0.05, 0.1) is 4.92 Å². The van der Waals surface area contributed by atoms with Crippen LogP contribution in [0.2, 0.25) is 0 Å². The van der Waals surface area contributed by atoms with E-state index in [-0.39, 0.29) is 5.69 Å². The largest absolute Gasteiger partial charge is 0.319 e. The highest BCUT2D eigenvalue weighted by Crippen LogP contribution is 2.15. The average molecular weight is 240 g/mol. The molecule has 0 fully saturated rings. The number of nitrogens with zero attached hydrogens (tertiary/aromatic N) is 1. The summed E-state index contributed by atoms with van der Waals surface area (Å²) in [5.41, 5.74) is 0.271. The minimum atomic E-state index is -0.749. The van der Waals surface area contributed by atoms with Gasteiger partial charge in [0.1, 0.15) is 0 Å². The Labute approximate surface area is 95.2 Å². The standard InChI is InChI=1S/C9H8N2O4S/c1-16-9(13)8(12)10-6-2-4-7(5-3-6)11(14)15/h2-5H,1H3,(H,10,12). The first kappa shape index (κ1) is 12.2. The zero-order chi connectivity index (χ0) is 12.1. The summed E-state index contributed by atoms with van der Waals surface area (Å²) in [6.45, 7) is 0. The normalized spacial score (nSPS) is 9.56. The van der Waals surface area contributed by atoms with E-state index in [4.69, 9.17) is 0 Å². The fourth-order valence-electron chi connectivity index (χ4n) is 0.941. The number of rotatable bonds is 2. The van der Waals surface area contributed by atoms with Gasteiger partial charge in [-0.2, -0.15) is 0 Å². The molecule has 1 rings (SSSR count). The molecule has 0 aliphatic heterocycles. The zero-order valence-corrected chi connectivity index (χ0v) is 9.11. The average Bonchev–Trinajstić information content (AvgIpc) is 2.28. The topological polar surface area (TPSA) is 89.3 Å². The fourth-order valence-corrected chi connectivity index (χ4v) is 1.18. The number of nitro groups is 1. The van der Waals surface area contributed by atoms with E-state index in [2.05, 4.69) is 5.32 Å². The first-order chi connectivity index (χ1) is 7.54. The van der Waals surface area contributed by atoms with Gasteiger partial charge in [-0.15, -0.1) is 0 Å². The second-order valence-corrected chi connectivity index (χ2v) is 3.53. The summed E-state index contributed by atoms with van der Waals surface area (Å²) >= 11 is 0.801. The van der Waals surface area contributed by atoms with Gasteiger partial charge in [-0.1, -0.05) is 11.8 Å². The van der Waals surface area contributed by atoms with Crippen molar-refractivity contribution >= 4 is 34.2 Å². The van der Waals surface area contributed by atoms with Crippen molar-refractivity contribution in [3.05, 3.63) is 34.4 Å². The third-order valence-electron chi connectivity index (χ3n) is 1.71. The molecule has 0 spiro atoms. The van der Waals surface area contributed by atoms with Crippen LogP contribution in [0.3, 0.4) is 0 Å². The van der Waals surface area contributed by atoms with Crippen LogP contribution < -0.4 is 5.32 Å². The third-order valence-corrected chi connectivity index (χ3v) is 2.26. The van der Waals surface area contributed by atoms with Crippen LogP contribution in [0.4, 0.5) is 11.4 Å². The lowest BCUT2D eigenvalue weighted by Gasteiger charge is -2.01. The van der Waals surface area contributed by atoms with Crippen LogP contribution in [0.5, 0.6) is 0 Å². The van der Waals surface area contributed by atoms with E-state index in [1.54, 1.807) is 0 Å². The molecular formula is C9H8N2O4S. The first-order valence-electron chi connectivity index (χ1n) is 4.18. The Balaban J connectivity index is 2.72. The summed E-state index contributed by atoms with van der Waals surface area (Å²) in [6.07, 6.45) is 1.50. The number of hydrogen-bond acceptors (Lipinski definition) is 5. The van der Waals surface area contributed by atoms with Crippen molar-refractivity contribution in [2.24, 2.45) is 0 Å². The third kappa shape index (κ3) is 3.06. The van der Waals surface area contributed by atoms with Gasteiger partial charge in [-0.3, -0.25) is 19.7 Å². The van der Waals surface area contributed by atoms with Gasteiger partial charge in [0, 0.05) is 17.8 Å². The number of hydrogen-bond donors (Lipinski definition) is 1. The van der Waals surface area contributed by atoms with E-state index < -0.39 is 15.9 Å². The van der Waals surface area contributed by atoms with Crippen LogP contribution in [0, 0.1) is 10.1 Å². The molecule has 84 valence electrons. The van der Waals surface area contributed by atoms with Crippen LogP contribution in [-0.2, 0) is 9.59 Å². The molecule has 0 aliphatic carbocycles. The van der Waals surface area contributed by atoms with Crippen LogP contribution in [0.25, 0.3) is 0 Å². The smallest absolute Gasteiger partial charge is 0.302 e. The van der Waals surface area contributed by atoms with E-state index in [1.807, 2.05) is 0 Å². The molecule has 0 radical (unpaired) electrons. The lowest BCUT2D eigenvalue weighted by atomic mass is 10.3. The molecule has 0 aromatic heterocycles. The van der Waals surface area contributed by atoms with Gasteiger partial charge in [0.2, 0.25) is 0 Å². The van der Waals surface area contributed by atoms with E-state index >= 15 is 0 Å². The Morgan fingerprint density at radius 1 is 1.31 bits per heavy atom. The second-order valence-electron chi connectivity index (χ2n) is 2.75. The number of benzene rings is 1. The molecule has 0 heterocycles. The van der Waals surface area contributed by atoms with Crippen LogP contribution in [0.15, 0.2) is 24.3 Å². The zero-order valence-electron chi connectivity index (χ0n) is 8.30. The highest BCUT2D eigenvalue weighted by atomic mass is 32.2. The predicted octanol–water partition coefficient (Wildman–Crippen LogP) is 1.42. The van der Waals surface area contributed by atoms with Gasteiger partial charge in [-0.25, -0.2) is 0 Å². The maximum atomic E-state index is 11.1. The van der Waals surface area contributed by atoms with Gasteiger partial charge in [0.25, 0.3) is 10.8 Å². The Morgan fingerprint density at radius 3 is 2.31 bits per heavy atom. The number of nitro benzene ring substituents is 1. The van der Waals surface area contributed by atoms with E-state index in [1.165, 1.54) is 30.5 Å². The summed E-state index contributed by atoms with van der Waals surface area (Å²) in [5.74, 6) is -0.749. The number of carbonyl (C=O) groups excluding carboxylic acids is 2. The van der Waals surface area contributed by atoms with Crippen molar-refractivity contribution < 1.29 is 14.5 Å².